The van der Waals surface area contributed by atoms with Crippen LogP contribution in [0.4, 0.5) is 0 Å². The number of benzene rings is 2. The Morgan fingerprint density at radius 3 is 2.77 bits per heavy atom. The van der Waals surface area contributed by atoms with Gasteiger partial charge in [0.2, 0.25) is 5.91 Å². The number of aromatic nitrogens is 3. The van der Waals surface area contributed by atoms with E-state index in [0.29, 0.717) is 5.75 Å². The van der Waals surface area contributed by atoms with Gasteiger partial charge in [0.25, 0.3) is 0 Å². The number of para-hydroxylation sites is 1. The molecule has 5 nitrogen and oxygen atoms in total. The van der Waals surface area contributed by atoms with Crippen LogP contribution in [-0.2, 0) is 17.6 Å². The van der Waals surface area contributed by atoms with Gasteiger partial charge in [-0.2, -0.15) is 0 Å². The van der Waals surface area contributed by atoms with Crippen molar-refractivity contribution in [2.24, 2.45) is 0 Å². The predicted molar refractivity (Wildman–Crippen MR) is 126 cm³/mol. The van der Waals surface area contributed by atoms with Gasteiger partial charge in [-0.05, 0) is 73.9 Å². The Morgan fingerprint density at radius 1 is 1.10 bits per heavy atom. The highest BCUT2D eigenvalue weighted by molar-refractivity contribution is 7.99. The van der Waals surface area contributed by atoms with Gasteiger partial charge in [-0.15, -0.1) is 10.2 Å². The van der Waals surface area contributed by atoms with Crippen molar-refractivity contribution in [3.63, 3.8) is 0 Å². The van der Waals surface area contributed by atoms with Gasteiger partial charge in [-0.3, -0.25) is 9.20 Å². The number of hydrogen-bond donors (Lipinski definition) is 1. The smallest absolute Gasteiger partial charge is 0.230 e. The lowest BCUT2D eigenvalue weighted by atomic mass is 9.89. The van der Waals surface area contributed by atoms with Crippen molar-refractivity contribution in [2.75, 3.05) is 5.75 Å². The largest absolute Gasteiger partial charge is 0.349 e. The Labute approximate surface area is 186 Å². The van der Waals surface area contributed by atoms with Gasteiger partial charge in [0.05, 0.1) is 17.3 Å². The van der Waals surface area contributed by atoms with E-state index in [1.165, 1.54) is 58.7 Å². The average molecular weight is 431 g/mol. The van der Waals surface area contributed by atoms with Gasteiger partial charge in [0.1, 0.15) is 0 Å². The van der Waals surface area contributed by atoms with Crippen molar-refractivity contribution in [3.8, 4) is 0 Å². The maximum absolute atomic E-state index is 12.7. The number of amides is 1. The third kappa shape index (κ3) is 3.92. The lowest BCUT2D eigenvalue weighted by Crippen LogP contribution is -2.28. The monoisotopic (exact) mass is 430 g/mol. The molecule has 1 aliphatic rings. The van der Waals surface area contributed by atoms with E-state index in [1.807, 2.05) is 22.6 Å². The summed E-state index contributed by atoms with van der Waals surface area (Å²) < 4.78 is 2.03. The molecule has 0 fully saturated rings. The summed E-state index contributed by atoms with van der Waals surface area (Å²) in [5, 5.41) is 13.7. The molecule has 1 aliphatic carbocycles. The first-order chi connectivity index (χ1) is 15.1. The number of rotatable bonds is 5. The van der Waals surface area contributed by atoms with Crippen LogP contribution in [0.5, 0.6) is 0 Å². The van der Waals surface area contributed by atoms with Crippen molar-refractivity contribution < 1.29 is 4.79 Å². The summed E-state index contributed by atoms with van der Waals surface area (Å²) in [4.78, 5) is 12.7. The molecule has 1 amide bonds. The molecule has 2 aromatic carbocycles. The van der Waals surface area contributed by atoms with Gasteiger partial charge in [-0.25, -0.2) is 0 Å². The quantitative estimate of drug-likeness (QED) is 0.451. The molecule has 0 saturated carbocycles. The number of carbonyl (C=O) groups excluding carboxylic acids is 1. The number of pyridine rings is 1. The van der Waals surface area contributed by atoms with Crippen LogP contribution in [-0.4, -0.2) is 26.3 Å². The van der Waals surface area contributed by atoms with E-state index in [0.717, 1.165) is 22.7 Å². The third-order valence-corrected chi connectivity index (χ3v) is 7.09. The Hall–Kier alpha value is -2.86. The SMILES string of the molecule is Cc1cc2nnc(SCC(=O)NC(C)c3ccc4c(c3)CCCC4)n2c2ccccc12. The second kappa shape index (κ2) is 8.35. The number of carbonyl (C=O) groups is 1. The topological polar surface area (TPSA) is 59.3 Å². The zero-order chi connectivity index (χ0) is 21.4. The summed E-state index contributed by atoms with van der Waals surface area (Å²) in [7, 11) is 0. The molecular formula is C25H26N4OS. The van der Waals surface area contributed by atoms with Gasteiger partial charge in [-0.1, -0.05) is 48.2 Å². The summed E-state index contributed by atoms with van der Waals surface area (Å²) in [6, 6.07) is 16.9. The van der Waals surface area contributed by atoms with Gasteiger partial charge in [0, 0.05) is 5.39 Å². The zero-order valence-corrected chi connectivity index (χ0v) is 18.7. The molecule has 31 heavy (non-hydrogen) atoms. The maximum Gasteiger partial charge on any atom is 0.230 e. The van der Waals surface area contributed by atoms with E-state index in [4.69, 9.17) is 0 Å². The first-order valence-electron chi connectivity index (χ1n) is 10.9. The van der Waals surface area contributed by atoms with Crippen LogP contribution in [0.1, 0.15) is 48.1 Å². The molecule has 0 aliphatic heterocycles. The van der Waals surface area contributed by atoms with E-state index in [2.05, 4.69) is 59.7 Å². The first-order valence-corrected chi connectivity index (χ1v) is 11.9. The molecule has 1 unspecified atom stereocenters. The minimum Gasteiger partial charge on any atom is -0.349 e. The van der Waals surface area contributed by atoms with E-state index in [9.17, 15) is 4.79 Å². The molecule has 0 saturated heterocycles. The lowest BCUT2D eigenvalue weighted by Gasteiger charge is -2.20. The molecule has 1 atom stereocenters. The first kappa shape index (κ1) is 20.1. The van der Waals surface area contributed by atoms with Crippen LogP contribution < -0.4 is 5.32 Å². The molecular weight excluding hydrogens is 404 g/mol. The van der Waals surface area contributed by atoms with Crippen molar-refractivity contribution in [1.82, 2.24) is 19.9 Å². The van der Waals surface area contributed by atoms with Gasteiger partial charge in [0.15, 0.2) is 10.8 Å². The Morgan fingerprint density at radius 2 is 1.90 bits per heavy atom. The van der Waals surface area contributed by atoms with Crippen molar-refractivity contribution in [2.45, 2.75) is 50.7 Å². The predicted octanol–water partition coefficient (Wildman–Crippen LogP) is 5.04. The number of hydrogen-bond acceptors (Lipinski definition) is 4. The fourth-order valence-corrected chi connectivity index (χ4v) is 5.25. The van der Waals surface area contributed by atoms with Crippen LogP contribution in [0.2, 0.25) is 0 Å². The molecule has 5 rings (SSSR count). The van der Waals surface area contributed by atoms with Crippen LogP contribution in [0, 0.1) is 6.92 Å². The number of fused-ring (bicyclic) bond motifs is 4. The van der Waals surface area contributed by atoms with Crippen molar-refractivity contribution in [3.05, 3.63) is 70.8 Å². The lowest BCUT2D eigenvalue weighted by molar-refractivity contribution is -0.119. The van der Waals surface area contributed by atoms with E-state index < -0.39 is 0 Å². The van der Waals surface area contributed by atoms with E-state index in [1.54, 1.807) is 0 Å². The summed E-state index contributed by atoms with van der Waals surface area (Å²) in [6.07, 6.45) is 4.86. The van der Waals surface area contributed by atoms with Crippen LogP contribution in [0.15, 0.2) is 53.7 Å². The molecule has 0 spiro atoms. The molecule has 1 N–H and O–H groups in total. The Kier molecular flexibility index (Phi) is 5.40. The highest BCUT2D eigenvalue weighted by Gasteiger charge is 2.16. The minimum atomic E-state index is -0.0149. The highest BCUT2D eigenvalue weighted by atomic mass is 32.2. The molecule has 6 heteroatoms. The fourth-order valence-electron chi connectivity index (χ4n) is 4.49. The fraction of sp³-hybridized carbons (Fsp3) is 0.320. The second-order valence-corrected chi connectivity index (χ2v) is 9.28. The number of nitrogens with one attached hydrogen (secondary N) is 1. The molecule has 2 heterocycles. The standard InChI is InChI=1S/C25H26N4OS/c1-16-13-23-27-28-25(29(23)22-10-6-5-9-21(16)22)31-15-24(30)26-17(2)19-12-11-18-7-3-4-8-20(18)14-19/h5-6,9-14,17H,3-4,7-8,15H2,1-2H3,(H,26,30). The van der Waals surface area contributed by atoms with Gasteiger partial charge < -0.3 is 5.32 Å². The Balaban J connectivity index is 1.30. The molecule has 4 aromatic rings. The summed E-state index contributed by atoms with van der Waals surface area (Å²) in [6.45, 7) is 4.13. The molecule has 158 valence electrons. The number of thioether (sulfide) groups is 1. The summed E-state index contributed by atoms with van der Waals surface area (Å²) >= 11 is 1.42. The van der Waals surface area contributed by atoms with Crippen LogP contribution in [0.3, 0.4) is 0 Å². The van der Waals surface area contributed by atoms with Crippen LogP contribution >= 0.6 is 11.8 Å². The normalized spacial score (nSPS) is 14.5. The average Bonchev–Trinajstić information content (AvgIpc) is 3.20. The Bertz CT molecular complexity index is 1280. The van der Waals surface area contributed by atoms with Crippen molar-refractivity contribution >= 4 is 34.2 Å². The maximum atomic E-state index is 12.7. The highest BCUT2D eigenvalue weighted by Crippen LogP contribution is 2.27. The van der Waals surface area contributed by atoms with Crippen molar-refractivity contribution in [1.29, 1.82) is 0 Å². The van der Waals surface area contributed by atoms with E-state index in [-0.39, 0.29) is 11.9 Å². The molecule has 0 bridgehead atoms. The molecule has 0 radical (unpaired) electrons. The van der Waals surface area contributed by atoms with E-state index >= 15 is 0 Å². The number of aryl methyl sites for hydroxylation is 3. The number of nitrogens with zero attached hydrogens (tertiary/aromatic N) is 3. The molecule has 2 aromatic heterocycles. The zero-order valence-electron chi connectivity index (χ0n) is 17.9. The van der Waals surface area contributed by atoms with Crippen LogP contribution in [0.25, 0.3) is 16.6 Å². The summed E-state index contributed by atoms with van der Waals surface area (Å²) in [5.41, 5.74) is 7.12. The van der Waals surface area contributed by atoms with Gasteiger partial charge >= 0.3 is 0 Å². The summed E-state index contributed by atoms with van der Waals surface area (Å²) in [5.74, 6) is 0.307. The minimum absolute atomic E-state index is 0.00314. The second-order valence-electron chi connectivity index (χ2n) is 8.33. The third-order valence-electron chi connectivity index (χ3n) is 6.16.